The molecular formula is C11H16ClN3O2S2. The summed E-state index contributed by atoms with van der Waals surface area (Å²) < 4.78 is 26.4. The Bertz CT molecular complexity index is 521. The highest BCUT2D eigenvalue weighted by Crippen LogP contribution is 2.24. The molecule has 106 valence electrons. The summed E-state index contributed by atoms with van der Waals surface area (Å²) in [7, 11) is -3.49. The van der Waals surface area contributed by atoms with E-state index in [-0.39, 0.29) is 10.2 Å². The van der Waals surface area contributed by atoms with E-state index in [1.54, 1.807) is 11.8 Å². The number of aromatic nitrogens is 2. The van der Waals surface area contributed by atoms with E-state index in [0.29, 0.717) is 18.3 Å². The molecule has 1 atom stereocenters. The van der Waals surface area contributed by atoms with Crippen LogP contribution in [0.2, 0.25) is 5.28 Å². The molecule has 0 saturated carbocycles. The molecule has 0 amide bonds. The Labute approximate surface area is 122 Å². The van der Waals surface area contributed by atoms with E-state index in [2.05, 4.69) is 16.2 Å². The molecule has 1 aliphatic rings. The number of hydrogen-bond acceptors (Lipinski definition) is 5. The molecule has 1 aliphatic heterocycles. The molecule has 1 unspecified atom stereocenters. The van der Waals surface area contributed by atoms with E-state index >= 15 is 0 Å². The first-order valence-electron chi connectivity index (χ1n) is 6.04. The van der Waals surface area contributed by atoms with Crippen LogP contribution in [0.4, 0.5) is 0 Å². The fourth-order valence-corrected chi connectivity index (χ4v) is 4.32. The van der Waals surface area contributed by atoms with Crippen LogP contribution in [-0.2, 0) is 10.0 Å². The first kappa shape index (κ1) is 15.0. The maximum Gasteiger partial charge on any atom is 0.246 e. The van der Waals surface area contributed by atoms with Gasteiger partial charge in [0.05, 0.1) is 12.4 Å². The van der Waals surface area contributed by atoms with E-state index in [1.807, 2.05) is 0 Å². The van der Waals surface area contributed by atoms with Crippen molar-refractivity contribution in [3.8, 4) is 0 Å². The van der Waals surface area contributed by atoms with Crippen molar-refractivity contribution in [2.24, 2.45) is 0 Å². The van der Waals surface area contributed by atoms with Gasteiger partial charge < -0.3 is 0 Å². The lowest BCUT2D eigenvalue weighted by molar-refractivity contribution is 0.423. The van der Waals surface area contributed by atoms with Crippen LogP contribution in [0.1, 0.15) is 19.3 Å². The molecule has 1 aromatic rings. The van der Waals surface area contributed by atoms with Crippen LogP contribution >= 0.6 is 23.4 Å². The molecule has 5 nitrogen and oxygen atoms in total. The van der Waals surface area contributed by atoms with Crippen molar-refractivity contribution in [2.75, 3.05) is 19.3 Å². The van der Waals surface area contributed by atoms with Crippen molar-refractivity contribution in [2.45, 2.75) is 29.4 Å². The minimum absolute atomic E-state index is 0.0530. The Balaban J connectivity index is 2.17. The SMILES string of the molecule is CSC1CCCN(S(=O)(=O)c2cnc(Cl)nc2)CC1. The number of hydrogen-bond donors (Lipinski definition) is 0. The highest BCUT2D eigenvalue weighted by Gasteiger charge is 2.27. The summed E-state index contributed by atoms with van der Waals surface area (Å²) in [6.07, 6.45) is 7.43. The zero-order valence-electron chi connectivity index (χ0n) is 10.6. The van der Waals surface area contributed by atoms with Gasteiger partial charge in [-0.05, 0) is 37.1 Å². The van der Waals surface area contributed by atoms with Crippen LogP contribution in [-0.4, -0.2) is 47.3 Å². The average molecular weight is 322 g/mol. The zero-order chi connectivity index (χ0) is 13.9. The summed E-state index contributed by atoms with van der Waals surface area (Å²) in [5.41, 5.74) is 0. The number of halogens is 1. The molecule has 0 radical (unpaired) electrons. The van der Waals surface area contributed by atoms with Crippen molar-refractivity contribution >= 4 is 33.4 Å². The van der Waals surface area contributed by atoms with Gasteiger partial charge in [-0.25, -0.2) is 18.4 Å². The second kappa shape index (κ2) is 6.39. The summed E-state index contributed by atoms with van der Waals surface area (Å²) in [4.78, 5) is 7.59. The van der Waals surface area contributed by atoms with Crippen LogP contribution in [0.25, 0.3) is 0 Å². The van der Waals surface area contributed by atoms with Crippen molar-refractivity contribution in [1.29, 1.82) is 0 Å². The third-order valence-corrected chi connectivity index (χ3v) is 6.39. The fourth-order valence-electron chi connectivity index (χ4n) is 2.10. The molecular weight excluding hydrogens is 306 g/mol. The minimum atomic E-state index is -3.49. The normalized spacial score (nSPS) is 22.1. The monoisotopic (exact) mass is 321 g/mol. The lowest BCUT2D eigenvalue weighted by Crippen LogP contribution is -2.32. The standard InChI is InChI=1S/C11H16ClN3O2S2/c1-18-9-3-2-5-15(6-4-9)19(16,17)10-7-13-11(12)14-8-10/h7-9H,2-6H2,1H3. The van der Waals surface area contributed by atoms with Crippen molar-refractivity contribution in [3.63, 3.8) is 0 Å². The highest BCUT2D eigenvalue weighted by molar-refractivity contribution is 7.99. The van der Waals surface area contributed by atoms with Crippen molar-refractivity contribution in [1.82, 2.24) is 14.3 Å². The molecule has 8 heteroatoms. The number of rotatable bonds is 3. The quantitative estimate of drug-likeness (QED) is 0.797. The smallest absolute Gasteiger partial charge is 0.225 e. The van der Waals surface area contributed by atoms with E-state index in [0.717, 1.165) is 19.3 Å². The first-order chi connectivity index (χ1) is 9.04. The molecule has 19 heavy (non-hydrogen) atoms. The zero-order valence-corrected chi connectivity index (χ0v) is 13.0. The van der Waals surface area contributed by atoms with Crippen LogP contribution in [0.15, 0.2) is 17.3 Å². The average Bonchev–Trinajstić information content (AvgIpc) is 2.65. The third-order valence-electron chi connectivity index (χ3n) is 3.20. The van der Waals surface area contributed by atoms with Crippen molar-refractivity contribution < 1.29 is 8.42 Å². The molecule has 0 N–H and O–H groups in total. The molecule has 0 aliphatic carbocycles. The highest BCUT2D eigenvalue weighted by atomic mass is 35.5. The summed E-state index contributed by atoms with van der Waals surface area (Å²) in [6.45, 7) is 1.11. The van der Waals surface area contributed by atoms with E-state index < -0.39 is 10.0 Å². The predicted molar refractivity (Wildman–Crippen MR) is 77.0 cm³/mol. The first-order valence-corrected chi connectivity index (χ1v) is 9.15. The van der Waals surface area contributed by atoms with E-state index in [4.69, 9.17) is 11.6 Å². The Morgan fingerprint density at radius 2 is 2.00 bits per heavy atom. The Hall–Kier alpha value is -0.370. The second-order valence-corrected chi connectivity index (χ2v) is 7.79. The fraction of sp³-hybridized carbons (Fsp3) is 0.636. The molecule has 1 saturated heterocycles. The molecule has 1 aromatic heterocycles. The van der Waals surface area contributed by atoms with Crippen molar-refractivity contribution in [3.05, 3.63) is 17.7 Å². The van der Waals surface area contributed by atoms with Gasteiger partial charge in [0.15, 0.2) is 0 Å². The Morgan fingerprint density at radius 1 is 1.32 bits per heavy atom. The topological polar surface area (TPSA) is 63.2 Å². The predicted octanol–water partition coefficient (Wildman–Crippen LogP) is 2.04. The van der Waals surface area contributed by atoms with Gasteiger partial charge >= 0.3 is 0 Å². The largest absolute Gasteiger partial charge is 0.246 e. The summed E-state index contributed by atoms with van der Waals surface area (Å²) in [5, 5.41) is 0.596. The van der Waals surface area contributed by atoms with Gasteiger partial charge in [-0.1, -0.05) is 0 Å². The molecule has 1 fully saturated rings. The molecule has 2 rings (SSSR count). The van der Waals surface area contributed by atoms with E-state index in [9.17, 15) is 8.42 Å². The van der Waals surface area contributed by atoms with Gasteiger partial charge in [-0.15, -0.1) is 0 Å². The number of sulfonamides is 1. The molecule has 0 bridgehead atoms. The summed E-state index contributed by atoms with van der Waals surface area (Å²) in [6, 6.07) is 0. The number of nitrogens with zero attached hydrogens (tertiary/aromatic N) is 3. The lowest BCUT2D eigenvalue weighted by atomic mass is 10.2. The minimum Gasteiger partial charge on any atom is -0.225 e. The van der Waals surface area contributed by atoms with Crippen LogP contribution in [0.5, 0.6) is 0 Å². The van der Waals surface area contributed by atoms with Gasteiger partial charge in [-0.2, -0.15) is 16.1 Å². The summed E-state index contributed by atoms with van der Waals surface area (Å²) in [5.74, 6) is 0. The van der Waals surface area contributed by atoms with Gasteiger partial charge in [0.25, 0.3) is 0 Å². The van der Waals surface area contributed by atoms with Gasteiger partial charge in [0.2, 0.25) is 15.3 Å². The van der Waals surface area contributed by atoms with E-state index in [1.165, 1.54) is 16.7 Å². The Kier molecular flexibility index (Phi) is 5.05. The van der Waals surface area contributed by atoms with Crippen LogP contribution < -0.4 is 0 Å². The van der Waals surface area contributed by atoms with Crippen LogP contribution in [0.3, 0.4) is 0 Å². The van der Waals surface area contributed by atoms with Crippen LogP contribution in [0, 0.1) is 0 Å². The Morgan fingerprint density at radius 3 is 2.63 bits per heavy atom. The third kappa shape index (κ3) is 3.59. The maximum atomic E-state index is 12.4. The maximum absolute atomic E-state index is 12.4. The molecule has 2 heterocycles. The summed E-state index contributed by atoms with van der Waals surface area (Å²) >= 11 is 7.38. The lowest BCUT2D eigenvalue weighted by Gasteiger charge is -2.19. The second-order valence-electron chi connectivity index (χ2n) is 4.38. The number of thioether (sulfide) groups is 1. The van der Waals surface area contributed by atoms with Gasteiger partial charge in [-0.3, -0.25) is 0 Å². The van der Waals surface area contributed by atoms with Gasteiger partial charge in [0, 0.05) is 18.3 Å². The molecule has 0 aromatic carbocycles. The molecule has 0 spiro atoms. The van der Waals surface area contributed by atoms with Gasteiger partial charge in [0.1, 0.15) is 4.90 Å².